The number of hydrogen-bond acceptors (Lipinski definition) is 3. The standard InChI is InChI=1S/C22H21ClN4O2/c1-14-11-18(15(2)27(14)21-9-7-19(23)8-10-21)13-24-26-22(29)17-5-4-6-20(12-17)25-16(3)28/h4-13H,1-3H3,(H,25,28)(H,26,29)/b24-13-. The lowest BCUT2D eigenvalue weighted by Gasteiger charge is -2.09. The molecule has 0 bridgehead atoms. The minimum atomic E-state index is -0.361. The molecule has 148 valence electrons. The van der Waals surface area contributed by atoms with Crippen molar-refractivity contribution < 1.29 is 9.59 Å². The second-order valence-corrected chi connectivity index (χ2v) is 7.04. The molecule has 0 atom stereocenters. The van der Waals surface area contributed by atoms with Crippen LogP contribution in [0.25, 0.3) is 5.69 Å². The van der Waals surface area contributed by atoms with Gasteiger partial charge in [-0.1, -0.05) is 17.7 Å². The van der Waals surface area contributed by atoms with Crippen molar-refractivity contribution in [1.29, 1.82) is 0 Å². The molecule has 7 heteroatoms. The zero-order valence-electron chi connectivity index (χ0n) is 16.4. The monoisotopic (exact) mass is 408 g/mol. The molecule has 1 heterocycles. The minimum absolute atomic E-state index is 0.198. The number of rotatable bonds is 5. The van der Waals surface area contributed by atoms with Crippen LogP contribution in [-0.2, 0) is 4.79 Å². The summed E-state index contributed by atoms with van der Waals surface area (Å²) < 4.78 is 2.09. The van der Waals surface area contributed by atoms with Crippen molar-refractivity contribution in [3.63, 3.8) is 0 Å². The molecule has 1 aromatic heterocycles. The molecule has 2 N–H and O–H groups in total. The van der Waals surface area contributed by atoms with E-state index in [1.165, 1.54) is 6.92 Å². The number of aryl methyl sites for hydroxylation is 1. The van der Waals surface area contributed by atoms with Gasteiger partial charge in [0.15, 0.2) is 0 Å². The minimum Gasteiger partial charge on any atom is -0.326 e. The maximum atomic E-state index is 12.3. The molecule has 3 rings (SSSR count). The predicted octanol–water partition coefficient (Wildman–Crippen LogP) is 4.47. The molecule has 0 aliphatic heterocycles. The Morgan fingerprint density at radius 3 is 2.48 bits per heavy atom. The molecule has 0 fully saturated rings. The average Bonchev–Trinajstić information content (AvgIpc) is 2.96. The van der Waals surface area contributed by atoms with Crippen LogP contribution in [0.5, 0.6) is 0 Å². The summed E-state index contributed by atoms with van der Waals surface area (Å²) in [6, 6.07) is 16.3. The smallest absolute Gasteiger partial charge is 0.271 e. The quantitative estimate of drug-likeness (QED) is 0.482. The van der Waals surface area contributed by atoms with Crippen molar-refractivity contribution in [1.82, 2.24) is 9.99 Å². The molecule has 0 saturated carbocycles. The number of carbonyl (C=O) groups is 2. The normalized spacial score (nSPS) is 10.9. The summed E-state index contributed by atoms with van der Waals surface area (Å²) in [6.07, 6.45) is 1.62. The zero-order chi connectivity index (χ0) is 21.0. The fraction of sp³-hybridized carbons (Fsp3) is 0.136. The number of hydrogen-bond donors (Lipinski definition) is 2. The zero-order valence-corrected chi connectivity index (χ0v) is 17.1. The molecule has 6 nitrogen and oxygen atoms in total. The lowest BCUT2D eigenvalue weighted by Crippen LogP contribution is -2.18. The van der Waals surface area contributed by atoms with E-state index in [0.29, 0.717) is 16.3 Å². The van der Waals surface area contributed by atoms with Gasteiger partial charge in [0, 0.05) is 45.8 Å². The summed E-state index contributed by atoms with van der Waals surface area (Å²) in [5.41, 5.74) is 7.42. The molecule has 0 aliphatic rings. The third-order valence-electron chi connectivity index (χ3n) is 4.37. The van der Waals surface area contributed by atoms with Gasteiger partial charge >= 0.3 is 0 Å². The van der Waals surface area contributed by atoms with Crippen LogP contribution in [0, 0.1) is 13.8 Å². The van der Waals surface area contributed by atoms with Gasteiger partial charge in [-0.3, -0.25) is 9.59 Å². The summed E-state index contributed by atoms with van der Waals surface area (Å²) in [7, 11) is 0. The van der Waals surface area contributed by atoms with Crippen molar-refractivity contribution in [2.75, 3.05) is 5.32 Å². The number of amides is 2. The molecule has 0 aliphatic carbocycles. The number of halogens is 1. The first-order valence-electron chi connectivity index (χ1n) is 9.01. The van der Waals surface area contributed by atoms with Gasteiger partial charge in [0.05, 0.1) is 6.21 Å². The Kier molecular flexibility index (Phi) is 6.14. The molecule has 2 aromatic carbocycles. The van der Waals surface area contributed by atoms with Gasteiger partial charge in [0.2, 0.25) is 5.91 Å². The third kappa shape index (κ3) is 4.92. The second-order valence-electron chi connectivity index (χ2n) is 6.60. The van der Waals surface area contributed by atoms with E-state index in [9.17, 15) is 9.59 Å². The van der Waals surface area contributed by atoms with Crippen LogP contribution >= 0.6 is 11.6 Å². The topological polar surface area (TPSA) is 75.5 Å². The summed E-state index contributed by atoms with van der Waals surface area (Å²) in [5.74, 6) is -0.559. The van der Waals surface area contributed by atoms with Crippen molar-refractivity contribution >= 4 is 35.3 Å². The van der Waals surface area contributed by atoms with Gasteiger partial charge in [-0.15, -0.1) is 0 Å². The molecule has 2 amide bonds. The number of carbonyl (C=O) groups excluding carboxylic acids is 2. The number of aromatic nitrogens is 1. The van der Waals surface area contributed by atoms with Crippen molar-refractivity contribution in [2.24, 2.45) is 5.10 Å². The summed E-state index contributed by atoms with van der Waals surface area (Å²) in [5, 5.41) is 7.42. The summed E-state index contributed by atoms with van der Waals surface area (Å²) in [4.78, 5) is 23.5. The first-order valence-corrected chi connectivity index (χ1v) is 9.39. The molecule has 0 radical (unpaired) electrons. The Bertz CT molecular complexity index is 1080. The van der Waals surface area contributed by atoms with Crippen molar-refractivity contribution in [2.45, 2.75) is 20.8 Å². The fourth-order valence-corrected chi connectivity index (χ4v) is 3.20. The van der Waals surface area contributed by atoms with E-state index in [1.54, 1.807) is 30.5 Å². The highest BCUT2D eigenvalue weighted by Crippen LogP contribution is 2.21. The van der Waals surface area contributed by atoms with Crippen molar-refractivity contribution in [3.05, 3.63) is 82.1 Å². The van der Waals surface area contributed by atoms with E-state index < -0.39 is 0 Å². The number of anilines is 1. The van der Waals surface area contributed by atoms with E-state index >= 15 is 0 Å². The van der Waals surface area contributed by atoms with Crippen LogP contribution in [0.1, 0.15) is 34.2 Å². The Hall–Kier alpha value is -3.38. The Labute approximate surface area is 174 Å². The van der Waals surface area contributed by atoms with E-state index in [-0.39, 0.29) is 11.8 Å². The third-order valence-corrected chi connectivity index (χ3v) is 4.62. The molecular formula is C22H21ClN4O2. The summed E-state index contributed by atoms with van der Waals surface area (Å²) in [6.45, 7) is 5.41. The lowest BCUT2D eigenvalue weighted by molar-refractivity contribution is -0.114. The highest BCUT2D eigenvalue weighted by molar-refractivity contribution is 6.30. The lowest BCUT2D eigenvalue weighted by atomic mass is 10.2. The SMILES string of the molecule is CC(=O)Nc1cccc(C(=O)N/N=C\c2cc(C)n(-c3ccc(Cl)cc3)c2C)c1. The molecule has 29 heavy (non-hydrogen) atoms. The van der Waals surface area contributed by atoms with Crippen LogP contribution in [-0.4, -0.2) is 22.6 Å². The van der Waals surface area contributed by atoms with Gasteiger partial charge in [0.1, 0.15) is 0 Å². The van der Waals surface area contributed by atoms with E-state index in [4.69, 9.17) is 11.6 Å². The molecule has 0 spiro atoms. The van der Waals surface area contributed by atoms with Gasteiger partial charge in [-0.2, -0.15) is 5.10 Å². The Morgan fingerprint density at radius 1 is 1.07 bits per heavy atom. The predicted molar refractivity (Wildman–Crippen MR) is 116 cm³/mol. The number of benzene rings is 2. The molecular weight excluding hydrogens is 388 g/mol. The molecule has 3 aromatic rings. The maximum Gasteiger partial charge on any atom is 0.271 e. The van der Waals surface area contributed by atoms with Crippen LogP contribution in [0.2, 0.25) is 5.02 Å². The summed E-state index contributed by atoms with van der Waals surface area (Å²) >= 11 is 5.98. The van der Waals surface area contributed by atoms with Crippen LogP contribution in [0.4, 0.5) is 5.69 Å². The second kappa shape index (κ2) is 8.75. The highest BCUT2D eigenvalue weighted by atomic mass is 35.5. The van der Waals surface area contributed by atoms with Crippen molar-refractivity contribution in [3.8, 4) is 5.69 Å². The molecule has 0 saturated heterocycles. The largest absolute Gasteiger partial charge is 0.326 e. The van der Waals surface area contributed by atoms with E-state index in [1.807, 2.05) is 44.2 Å². The Morgan fingerprint density at radius 2 is 1.79 bits per heavy atom. The first kappa shape index (κ1) is 20.4. The van der Waals surface area contributed by atoms with E-state index in [2.05, 4.69) is 20.4 Å². The maximum absolute atomic E-state index is 12.3. The van der Waals surface area contributed by atoms with E-state index in [0.717, 1.165) is 22.6 Å². The van der Waals surface area contributed by atoms with Crippen LogP contribution in [0.3, 0.4) is 0 Å². The van der Waals surface area contributed by atoms with Gasteiger partial charge in [-0.25, -0.2) is 5.43 Å². The van der Waals surface area contributed by atoms with Gasteiger partial charge in [-0.05, 0) is 62.4 Å². The Balaban J connectivity index is 1.74. The van der Waals surface area contributed by atoms with Gasteiger partial charge < -0.3 is 9.88 Å². The average molecular weight is 409 g/mol. The number of nitrogens with one attached hydrogen (secondary N) is 2. The fourth-order valence-electron chi connectivity index (χ4n) is 3.07. The molecule has 0 unspecified atom stereocenters. The number of hydrazone groups is 1. The van der Waals surface area contributed by atoms with Crippen LogP contribution in [0.15, 0.2) is 59.7 Å². The number of nitrogens with zero attached hydrogens (tertiary/aromatic N) is 2. The van der Waals surface area contributed by atoms with Crippen LogP contribution < -0.4 is 10.7 Å². The van der Waals surface area contributed by atoms with Gasteiger partial charge in [0.25, 0.3) is 5.91 Å². The first-order chi connectivity index (χ1) is 13.8. The highest BCUT2D eigenvalue weighted by Gasteiger charge is 2.10.